The zero-order valence-electron chi connectivity index (χ0n) is 15.9. The lowest BCUT2D eigenvalue weighted by atomic mass is 9.89. The number of amides is 1. The molecule has 2 aromatic rings. The molecular weight excluding hydrogens is 369 g/mol. The number of benzene rings is 1. The maximum Gasteiger partial charge on any atom is 0.411 e. The lowest BCUT2D eigenvalue weighted by Crippen LogP contribution is -2.48. The van der Waals surface area contributed by atoms with Crippen molar-refractivity contribution in [2.45, 2.75) is 43.9 Å². The zero-order chi connectivity index (χ0) is 20.1. The van der Waals surface area contributed by atoms with E-state index < -0.39 is 24.5 Å². The third kappa shape index (κ3) is 3.30. The van der Waals surface area contributed by atoms with Gasteiger partial charge in [-0.2, -0.15) is 18.3 Å². The highest BCUT2D eigenvalue weighted by Gasteiger charge is 2.48. The number of carbonyl (C=O) groups excluding carboxylic acids is 1. The molecule has 3 atom stereocenters. The first kappa shape index (κ1) is 19.0. The summed E-state index contributed by atoms with van der Waals surface area (Å²) in [4.78, 5) is 17.0. The Kier molecular flexibility index (Phi) is 4.69. The number of nitrogens with zero attached hydrogens (tertiary/aromatic N) is 4. The van der Waals surface area contributed by atoms with Crippen LogP contribution in [0, 0.1) is 6.92 Å². The number of rotatable bonds is 3. The lowest BCUT2D eigenvalue weighted by Gasteiger charge is -2.37. The van der Waals surface area contributed by atoms with Gasteiger partial charge in [0.2, 0.25) is 5.91 Å². The molecular formula is C20H23F3N4O. The molecule has 0 saturated carbocycles. The monoisotopic (exact) mass is 392 g/mol. The molecule has 4 rings (SSSR count). The molecule has 0 bridgehead atoms. The minimum absolute atomic E-state index is 0.0907. The van der Waals surface area contributed by atoms with Crippen LogP contribution in [-0.4, -0.2) is 52.9 Å². The second kappa shape index (κ2) is 6.92. The van der Waals surface area contributed by atoms with Gasteiger partial charge in [0, 0.05) is 36.6 Å². The second-order valence-corrected chi connectivity index (χ2v) is 7.80. The van der Waals surface area contributed by atoms with Crippen LogP contribution in [0.3, 0.4) is 0 Å². The number of likely N-dealkylation sites (tertiary alicyclic amines) is 1. The van der Waals surface area contributed by atoms with Crippen LogP contribution < -0.4 is 4.90 Å². The number of fused-ring (bicyclic) bond motifs is 3. The number of anilines is 1. The Morgan fingerprint density at radius 1 is 1.36 bits per heavy atom. The summed E-state index contributed by atoms with van der Waals surface area (Å²) in [6, 6.07) is 5.23. The zero-order valence-corrected chi connectivity index (χ0v) is 15.9. The highest BCUT2D eigenvalue weighted by atomic mass is 19.4. The number of aromatic nitrogens is 2. The van der Waals surface area contributed by atoms with Gasteiger partial charge >= 0.3 is 6.18 Å². The van der Waals surface area contributed by atoms with E-state index in [9.17, 15) is 18.0 Å². The first-order valence-corrected chi connectivity index (χ1v) is 9.42. The fourth-order valence-electron chi connectivity index (χ4n) is 4.49. The molecule has 0 N–H and O–H groups in total. The minimum atomic E-state index is -4.55. The van der Waals surface area contributed by atoms with E-state index in [1.54, 1.807) is 4.90 Å². The number of piperidine rings is 1. The number of hydrogen-bond acceptors (Lipinski definition) is 3. The number of alkyl halides is 3. The molecule has 2 aliphatic rings. The first-order valence-electron chi connectivity index (χ1n) is 9.42. The van der Waals surface area contributed by atoms with Crippen LogP contribution in [0.4, 0.5) is 18.9 Å². The van der Waals surface area contributed by atoms with Crippen molar-refractivity contribution in [1.29, 1.82) is 0 Å². The summed E-state index contributed by atoms with van der Waals surface area (Å²) in [5, 5.41) is 3.73. The van der Waals surface area contributed by atoms with Gasteiger partial charge in [-0.25, -0.2) is 0 Å². The van der Waals surface area contributed by atoms with Crippen LogP contribution in [0.15, 0.2) is 36.7 Å². The number of halogens is 3. The third-order valence-corrected chi connectivity index (χ3v) is 5.81. The third-order valence-electron chi connectivity index (χ3n) is 5.81. The summed E-state index contributed by atoms with van der Waals surface area (Å²) in [5.41, 5.74) is 2.90. The van der Waals surface area contributed by atoms with Gasteiger partial charge in [0.05, 0.1) is 6.42 Å². The van der Waals surface area contributed by atoms with Gasteiger partial charge in [-0.05, 0) is 44.6 Å². The molecule has 150 valence electrons. The van der Waals surface area contributed by atoms with Crippen molar-refractivity contribution in [3.05, 3.63) is 47.8 Å². The van der Waals surface area contributed by atoms with Crippen molar-refractivity contribution >= 4 is 11.6 Å². The lowest BCUT2D eigenvalue weighted by molar-refractivity contribution is -0.174. The van der Waals surface area contributed by atoms with Crippen LogP contribution in [-0.2, 0) is 4.79 Å². The second-order valence-electron chi connectivity index (χ2n) is 7.80. The predicted molar refractivity (Wildman–Crippen MR) is 99.2 cm³/mol. The molecule has 2 aliphatic heterocycles. The van der Waals surface area contributed by atoms with Crippen LogP contribution in [0.2, 0.25) is 0 Å². The van der Waals surface area contributed by atoms with Crippen molar-refractivity contribution in [3.8, 4) is 0 Å². The van der Waals surface area contributed by atoms with Crippen molar-refractivity contribution in [2.75, 3.05) is 25.0 Å². The molecule has 3 heterocycles. The molecule has 1 fully saturated rings. The molecule has 0 aliphatic carbocycles. The highest BCUT2D eigenvalue weighted by molar-refractivity contribution is 5.97. The molecule has 1 saturated heterocycles. The molecule has 1 aromatic heterocycles. The molecule has 5 nitrogen and oxygen atoms in total. The van der Waals surface area contributed by atoms with Gasteiger partial charge in [0.15, 0.2) is 6.04 Å². The molecule has 1 aromatic carbocycles. The summed E-state index contributed by atoms with van der Waals surface area (Å²) in [6.07, 6.45) is -1.91. The van der Waals surface area contributed by atoms with Gasteiger partial charge in [0.1, 0.15) is 0 Å². The van der Waals surface area contributed by atoms with E-state index in [0.29, 0.717) is 0 Å². The Bertz CT molecular complexity index is 865. The number of carbonyl (C=O) groups is 1. The fourth-order valence-corrected chi connectivity index (χ4v) is 4.49. The van der Waals surface area contributed by atoms with Crippen molar-refractivity contribution < 1.29 is 18.0 Å². The Hall–Kier alpha value is -2.35. The number of likely N-dealkylation sites (N-methyl/N-ethyl adjacent to an activating group) is 1. The van der Waals surface area contributed by atoms with E-state index in [4.69, 9.17) is 0 Å². The molecule has 28 heavy (non-hydrogen) atoms. The Balaban J connectivity index is 1.67. The average Bonchev–Trinajstić information content (AvgIpc) is 3.24. The standard InChI is InChI=1S/C20H23F3N4O/c1-13-4-5-16-14(10-13)15-12-25(2)9-6-17(15)27(16)19(28)11-18(20(21,22)23)26-8-3-7-24-26/h3-5,7-8,10,15,17-18H,6,9,11-12H2,1-2H3/t15-,17+,18?/m1/s1. The highest BCUT2D eigenvalue weighted by Crippen LogP contribution is 2.46. The summed E-state index contributed by atoms with van der Waals surface area (Å²) in [5.74, 6) is -0.369. The van der Waals surface area contributed by atoms with Crippen LogP contribution in [0.5, 0.6) is 0 Å². The van der Waals surface area contributed by atoms with E-state index in [1.807, 2.05) is 26.1 Å². The molecule has 1 amide bonds. The minimum Gasteiger partial charge on any atom is -0.308 e. The van der Waals surface area contributed by atoms with Crippen molar-refractivity contribution in [1.82, 2.24) is 14.7 Å². The van der Waals surface area contributed by atoms with E-state index in [-0.39, 0.29) is 12.0 Å². The largest absolute Gasteiger partial charge is 0.411 e. The normalized spacial score (nSPS) is 23.4. The fraction of sp³-hybridized carbons (Fsp3) is 0.500. The Morgan fingerprint density at radius 2 is 2.14 bits per heavy atom. The topological polar surface area (TPSA) is 41.4 Å². The van der Waals surface area contributed by atoms with Crippen LogP contribution in [0.25, 0.3) is 0 Å². The van der Waals surface area contributed by atoms with E-state index in [2.05, 4.69) is 16.1 Å². The Morgan fingerprint density at radius 3 is 2.82 bits per heavy atom. The quantitative estimate of drug-likeness (QED) is 0.803. The van der Waals surface area contributed by atoms with E-state index in [0.717, 1.165) is 41.0 Å². The smallest absolute Gasteiger partial charge is 0.308 e. The van der Waals surface area contributed by atoms with E-state index >= 15 is 0 Å². The van der Waals surface area contributed by atoms with Gasteiger partial charge in [-0.1, -0.05) is 17.7 Å². The van der Waals surface area contributed by atoms with E-state index in [1.165, 1.54) is 18.5 Å². The van der Waals surface area contributed by atoms with Crippen LogP contribution >= 0.6 is 0 Å². The summed E-state index contributed by atoms with van der Waals surface area (Å²) >= 11 is 0. The maximum absolute atomic E-state index is 13.6. The Labute approximate surface area is 161 Å². The van der Waals surface area contributed by atoms with Gasteiger partial charge in [-0.15, -0.1) is 0 Å². The predicted octanol–water partition coefficient (Wildman–Crippen LogP) is 3.52. The summed E-state index contributed by atoms with van der Waals surface area (Å²) in [6.45, 7) is 3.61. The van der Waals surface area contributed by atoms with Crippen molar-refractivity contribution in [3.63, 3.8) is 0 Å². The average molecular weight is 392 g/mol. The maximum atomic E-state index is 13.6. The SMILES string of the molecule is Cc1ccc2c(c1)[C@H]1CN(C)CC[C@@H]1N2C(=O)CC(n1cccn1)C(F)(F)F. The van der Waals surface area contributed by atoms with Gasteiger partial charge in [0.25, 0.3) is 0 Å². The number of aryl methyl sites for hydroxylation is 1. The van der Waals surface area contributed by atoms with Gasteiger partial charge < -0.3 is 9.80 Å². The van der Waals surface area contributed by atoms with Crippen molar-refractivity contribution in [2.24, 2.45) is 0 Å². The first-order chi connectivity index (χ1) is 13.3. The molecule has 1 unspecified atom stereocenters. The van der Waals surface area contributed by atoms with Gasteiger partial charge in [-0.3, -0.25) is 9.48 Å². The summed E-state index contributed by atoms with van der Waals surface area (Å²) < 4.78 is 41.7. The summed E-state index contributed by atoms with van der Waals surface area (Å²) in [7, 11) is 2.04. The number of hydrogen-bond donors (Lipinski definition) is 0. The van der Waals surface area contributed by atoms with Crippen LogP contribution in [0.1, 0.15) is 35.9 Å². The molecule has 0 spiro atoms. The molecule has 0 radical (unpaired) electrons. The molecule has 8 heteroatoms.